The van der Waals surface area contributed by atoms with Crippen LogP contribution in [0.3, 0.4) is 0 Å². The van der Waals surface area contributed by atoms with Crippen LogP contribution in [-0.2, 0) is 16.0 Å². The molecule has 112 valence electrons. The molecule has 21 heavy (non-hydrogen) atoms. The minimum absolute atomic E-state index is 0.0151. The zero-order valence-corrected chi connectivity index (χ0v) is 11.9. The van der Waals surface area contributed by atoms with E-state index in [1.165, 1.54) is 12.1 Å². The van der Waals surface area contributed by atoms with E-state index in [0.29, 0.717) is 13.1 Å². The average molecular weight is 290 g/mol. The Morgan fingerprint density at radius 2 is 1.95 bits per heavy atom. The Kier molecular flexibility index (Phi) is 3.66. The van der Waals surface area contributed by atoms with E-state index in [1.54, 1.807) is 17.0 Å². The molecule has 4 nitrogen and oxygen atoms in total. The van der Waals surface area contributed by atoms with E-state index in [2.05, 4.69) is 5.32 Å². The first-order valence-corrected chi connectivity index (χ1v) is 7.45. The highest BCUT2D eigenvalue weighted by atomic mass is 19.1. The van der Waals surface area contributed by atoms with Gasteiger partial charge in [0.15, 0.2) is 0 Å². The van der Waals surface area contributed by atoms with Gasteiger partial charge < -0.3 is 10.2 Å². The number of likely N-dealkylation sites (tertiary alicyclic amines) is 1. The first-order chi connectivity index (χ1) is 10.1. The molecule has 1 aromatic rings. The smallest absolute Gasteiger partial charge is 0.245 e. The van der Waals surface area contributed by atoms with Gasteiger partial charge >= 0.3 is 0 Å². The highest BCUT2D eigenvalue weighted by Gasteiger charge is 2.50. The molecular weight excluding hydrogens is 271 g/mol. The summed E-state index contributed by atoms with van der Waals surface area (Å²) in [5, 5.41) is 2.89. The van der Waals surface area contributed by atoms with Crippen molar-refractivity contribution in [2.75, 3.05) is 13.1 Å². The predicted octanol–water partition coefficient (Wildman–Crippen LogP) is 1.64. The van der Waals surface area contributed by atoms with Gasteiger partial charge in [0.25, 0.3) is 0 Å². The number of hydrogen-bond donors (Lipinski definition) is 1. The maximum atomic E-state index is 12.9. The summed E-state index contributed by atoms with van der Waals surface area (Å²) in [5.41, 5.74) is 0.134. The molecule has 0 aliphatic carbocycles. The van der Waals surface area contributed by atoms with Crippen LogP contribution in [0.4, 0.5) is 4.39 Å². The Morgan fingerprint density at radius 1 is 1.24 bits per heavy atom. The van der Waals surface area contributed by atoms with Gasteiger partial charge in [-0.05, 0) is 43.4 Å². The molecule has 2 saturated heterocycles. The summed E-state index contributed by atoms with van der Waals surface area (Å²) in [6.45, 7) is 1.33. The molecule has 2 aliphatic heterocycles. The SMILES string of the molecule is O=C(Cc1ccc(F)cc1)N1CCCC12CCCNC2=O. The highest BCUT2D eigenvalue weighted by molar-refractivity contribution is 5.93. The molecule has 1 spiro atoms. The lowest BCUT2D eigenvalue weighted by molar-refractivity contribution is -0.146. The Hall–Kier alpha value is -1.91. The van der Waals surface area contributed by atoms with E-state index in [-0.39, 0.29) is 24.1 Å². The number of benzene rings is 1. The molecule has 1 atom stereocenters. The van der Waals surface area contributed by atoms with Crippen molar-refractivity contribution in [1.29, 1.82) is 0 Å². The van der Waals surface area contributed by atoms with Crippen LogP contribution < -0.4 is 5.32 Å². The van der Waals surface area contributed by atoms with Crippen molar-refractivity contribution in [3.8, 4) is 0 Å². The van der Waals surface area contributed by atoms with Gasteiger partial charge in [0, 0.05) is 13.1 Å². The van der Waals surface area contributed by atoms with Crippen molar-refractivity contribution in [3.63, 3.8) is 0 Å². The number of nitrogens with one attached hydrogen (secondary N) is 1. The molecule has 0 bridgehead atoms. The van der Waals surface area contributed by atoms with Gasteiger partial charge in [-0.15, -0.1) is 0 Å². The molecule has 1 unspecified atom stereocenters. The Balaban J connectivity index is 1.77. The summed E-state index contributed by atoms with van der Waals surface area (Å²) in [4.78, 5) is 26.6. The fourth-order valence-electron chi connectivity index (χ4n) is 3.47. The number of piperidine rings is 1. The second kappa shape index (κ2) is 5.47. The standard InChI is InChI=1S/C16H19FN2O2/c17-13-5-3-12(4-6-13)11-14(20)19-10-2-8-16(19)7-1-9-18-15(16)21/h3-6H,1-2,7-11H2,(H,18,21). The fourth-order valence-corrected chi connectivity index (χ4v) is 3.47. The molecule has 0 radical (unpaired) electrons. The topological polar surface area (TPSA) is 49.4 Å². The average Bonchev–Trinajstić information content (AvgIpc) is 2.89. The maximum Gasteiger partial charge on any atom is 0.245 e. The number of nitrogens with zero attached hydrogens (tertiary/aromatic N) is 1. The predicted molar refractivity (Wildman–Crippen MR) is 76.0 cm³/mol. The van der Waals surface area contributed by atoms with Crippen LogP contribution in [0.2, 0.25) is 0 Å². The lowest BCUT2D eigenvalue weighted by Gasteiger charge is -2.40. The lowest BCUT2D eigenvalue weighted by Crippen LogP contribution is -2.60. The molecule has 2 heterocycles. The molecule has 1 aromatic carbocycles. The van der Waals surface area contributed by atoms with Gasteiger partial charge in [0.05, 0.1) is 6.42 Å². The number of carbonyl (C=O) groups excluding carboxylic acids is 2. The van der Waals surface area contributed by atoms with Crippen LogP contribution >= 0.6 is 0 Å². The summed E-state index contributed by atoms with van der Waals surface area (Å²) in [6.07, 6.45) is 3.48. The van der Waals surface area contributed by atoms with Crippen molar-refractivity contribution < 1.29 is 14.0 Å². The van der Waals surface area contributed by atoms with Crippen molar-refractivity contribution in [2.24, 2.45) is 0 Å². The number of hydrogen-bond acceptors (Lipinski definition) is 2. The van der Waals surface area contributed by atoms with Crippen LogP contribution in [0.15, 0.2) is 24.3 Å². The van der Waals surface area contributed by atoms with Gasteiger partial charge in [0.2, 0.25) is 11.8 Å². The summed E-state index contributed by atoms with van der Waals surface area (Å²) in [7, 11) is 0. The van der Waals surface area contributed by atoms with Crippen molar-refractivity contribution >= 4 is 11.8 Å². The monoisotopic (exact) mass is 290 g/mol. The summed E-state index contributed by atoms with van der Waals surface area (Å²) < 4.78 is 12.9. The minimum atomic E-state index is -0.643. The third-order valence-electron chi connectivity index (χ3n) is 4.53. The molecule has 1 N–H and O–H groups in total. The van der Waals surface area contributed by atoms with E-state index in [1.807, 2.05) is 0 Å². The number of rotatable bonds is 2. The normalized spacial score (nSPS) is 25.2. The number of amides is 2. The second-order valence-electron chi connectivity index (χ2n) is 5.84. The van der Waals surface area contributed by atoms with Crippen LogP contribution in [0.5, 0.6) is 0 Å². The number of carbonyl (C=O) groups is 2. The summed E-state index contributed by atoms with van der Waals surface area (Å²) >= 11 is 0. The van der Waals surface area contributed by atoms with Gasteiger partial charge in [-0.3, -0.25) is 9.59 Å². The first-order valence-electron chi connectivity index (χ1n) is 7.45. The van der Waals surface area contributed by atoms with E-state index >= 15 is 0 Å². The van der Waals surface area contributed by atoms with Crippen molar-refractivity contribution in [3.05, 3.63) is 35.6 Å². The van der Waals surface area contributed by atoms with Crippen LogP contribution in [0.25, 0.3) is 0 Å². The van der Waals surface area contributed by atoms with Gasteiger partial charge in [-0.25, -0.2) is 4.39 Å². The first kappa shape index (κ1) is 14.0. The molecule has 2 fully saturated rings. The summed E-state index contributed by atoms with van der Waals surface area (Å²) in [5.74, 6) is -0.370. The fraction of sp³-hybridized carbons (Fsp3) is 0.500. The largest absolute Gasteiger partial charge is 0.354 e. The molecule has 2 aliphatic rings. The minimum Gasteiger partial charge on any atom is -0.354 e. The lowest BCUT2D eigenvalue weighted by atomic mass is 9.86. The number of halogens is 1. The van der Waals surface area contributed by atoms with Gasteiger partial charge in [0.1, 0.15) is 11.4 Å². The van der Waals surface area contributed by atoms with E-state index in [9.17, 15) is 14.0 Å². The van der Waals surface area contributed by atoms with Gasteiger partial charge in [-0.2, -0.15) is 0 Å². The van der Waals surface area contributed by atoms with E-state index < -0.39 is 5.54 Å². The van der Waals surface area contributed by atoms with Gasteiger partial charge in [-0.1, -0.05) is 12.1 Å². The Bertz CT molecular complexity index is 558. The molecule has 0 saturated carbocycles. The van der Waals surface area contributed by atoms with Crippen LogP contribution in [0.1, 0.15) is 31.2 Å². The highest BCUT2D eigenvalue weighted by Crippen LogP contribution is 2.36. The molecule has 2 amide bonds. The quantitative estimate of drug-likeness (QED) is 0.900. The Morgan fingerprint density at radius 3 is 2.67 bits per heavy atom. The zero-order valence-electron chi connectivity index (χ0n) is 11.9. The molecular formula is C16H19FN2O2. The molecule has 0 aromatic heterocycles. The molecule has 3 rings (SSSR count). The van der Waals surface area contributed by atoms with Crippen molar-refractivity contribution in [2.45, 2.75) is 37.6 Å². The molecule has 5 heteroatoms. The van der Waals surface area contributed by atoms with Crippen molar-refractivity contribution in [1.82, 2.24) is 10.2 Å². The second-order valence-corrected chi connectivity index (χ2v) is 5.84. The van der Waals surface area contributed by atoms with E-state index in [4.69, 9.17) is 0 Å². The third-order valence-corrected chi connectivity index (χ3v) is 4.53. The zero-order chi connectivity index (χ0) is 14.9. The van der Waals surface area contributed by atoms with Crippen LogP contribution in [-0.4, -0.2) is 35.3 Å². The van der Waals surface area contributed by atoms with Crippen LogP contribution in [0, 0.1) is 5.82 Å². The van der Waals surface area contributed by atoms with E-state index in [0.717, 1.165) is 31.2 Å². The Labute approximate surface area is 123 Å². The summed E-state index contributed by atoms with van der Waals surface area (Å²) in [6, 6.07) is 5.96. The maximum absolute atomic E-state index is 12.9. The third kappa shape index (κ3) is 2.52.